The first-order valence-corrected chi connectivity index (χ1v) is 10.9. The molecule has 0 aromatic carbocycles. The van der Waals surface area contributed by atoms with Crippen LogP contribution >= 0.6 is 11.6 Å². The Hall–Kier alpha value is -3.00. The van der Waals surface area contributed by atoms with Gasteiger partial charge in [0.05, 0.1) is 22.2 Å². The molecule has 0 bridgehead atoms. The fourth-order valence-corrected chi connectivity index (χ4v) is 4.35. The first-order chi connectivity index (χ1) is 15.0. The molecule has 160 valence electrons. The molecule has 31 heavy (non-hydrogen) atoms. The normalized spacial score (nSPS) is 18.9. The van der Waals surface area contributed by atoms with Crippen molar-refractivity contribution >= 4 is 34.5 Å². The van der Waals surface area contributed by atoms with Gasteiger partial charge in [0.1, 0.15) is 5.15 Å². The molecule has 2 aliphatic rings. The summed E-state index contributed by atoms with van der Waals surface area (Å²) < 4.78 is 5.58. The van der Waals surface area contributed by atoms with Crippen LogP contribution in [0.4, 0.5) is 0 Å². The van der Waals surface area contributed by atoms with E-state index in [0.717, 1.165) is 31.4 Å². The summed E-state index contributed by atoms with van der Waals surface area (Å²) in [5.41, 5.74) is 3.00. The van der Waals surface area contributed by atoms with Gasteiger partial charge in [-0.2, -0.15) is 0 Å². The maximum Gasteiger partial charge on any atom is 0.259 e. The molecule has 2 amide bonds. The number of carbonyl (C=O) groups is 2. The molecule has 1 unspecified atom stereocenters. The molecule has 1 saturated heterocycles. The Bertz CT molecular complexity index is 1160. The second-order valence-electron chi connectivity index (χ2n) is 8.16. The second kappa shape index (κ2) is 7.92. The molecule has 5 rings (SSSR count). The zero-order valence-electron chi connectivity index (χ0n) is 17.1. The quantitative estimate of drug-likeness (QED) is 0.624. The topological polar surface area (TPSA) is 101 Å². The maximum atomic E-state index is 13.0. The van der Waals surface area contributed by atoms with Gasteiger partial charge >= 0.3 is 0 Å². The monoisotopic (exact) mass is 439 g/mol. The van der Waals surface area contributed by atoms with Gasteiger partial charge in [-0.25, -0.2) is 9.97 Å². The van der Waals surface area contributed by atoms with E-state index >= 15 is 0 Å². The van der Waals surface area contributed by atoms with Crippen LogP contribution in [0.2, 0.25) is 5.15 Å². The van der Waals surface area contributed by atoms with Crippen LogP contribution in [-0.2, 0) is 0 Å². The maximum absolute atomic E-state index is 13.0. The highest BCUT2D eigenvalue weighted by atomic mass is 35.5. The van der Waals surface area contributed by atoms with Gasteiger partial charge in [0, 0.05) is 43.9 Å². The zero-order valence-corrected chi connectivity index (χ0v) is 17.9. The largest absolute Gasteiger partial charge is 0.355 e. The van der Waals surface area contributed by atoms with Gasteiger partial charge in [0.15, 0.2) is 0 Å². The molecule has 2 fully saturated rings. The van der Waals surface area contributed by atoms with E-state index in [4.69, 9.17) is 16.1 Å². The Morgan fingerprint density at radius 2 is 2.06 bits per heavy atom. The van der Waals surface area contributed by atoms with Gasteiger partial charge in [0.25, 0.3) is 17.5 Å². The molecule has 0 radical (unpaired) electrons. The van der Waals surface area contributed by atoms with Crippen LogP contribution in [0.15, 0.2) is 28.9 Å². The number of aromatic nitrogens is 3. The number of hydrogen-bond donors (Lipinski definition) is 1. The SMILES string of the molecule is CNC(=O)c1cc(C2CC2)nc2onc(C3CCCN(C(=O)c4ccc(Cl)nc4)C3)c12. The minimum absolute atomic E-state index is 0.0452. The molecule has 0 spiro atoms. The molecule has 1 atom stereocenters. The lowest BCUT2D eigenvalue weighted by molar-refractivity contribution is 0.0704. The molecule has 1 aliphatic carbocycles. The summed E-state index contributed by atoms with van der Waals surface area (Å²) in [7, 11) is 1.61. The molecule has 9 heteroatoms. The lowest BCUT2D eigenvalue weighted by Crippen LogP contribution is -2.39. The highest BCUT2D eigenvalue weighted by Gasteiger charge is 2.33. The highest BCUT2D eigenvalue weighted by molar-refractivity contribution is 6.29. The molecular weight excluding hydrogens is 418 g/mol. The predicted molar refractivity (Wildman–Crippen MR) is 114 cm³/mol. The van der Waals surface area contributed by atoms with Gasteiger partial charge in [-0.1, -0.05) is 16.8 Å². The number of piperidine rings is 1. The van der Waals surface area contributed by atoms with Crippen molar-refractivity contribution in [3.8, 4) is 0 Å². The van der Waals surface area contributed by atoms with Crippen LogP contribution in [0.1, 0.15) is 69.6 Å². The molecule has 1 aliphatic heterocycles. The van der Waals surface area contributed by atoms with E-state index in [9.17, 15) is 9.59 Å². The lowest BCUT2D eigenvalue weighted by atomic mass is 9.91. The number of nitrogens with one attached hydrogen (secondary N) is 1. The smallest absolute Gasteiger partial charge is 0.259 e. The van der Waals surface area contributed by atoms with Crippen molar-refractivity contribution < 1.29 is 14.1 Å². The van der Waals surface area contributed by atoms with Crippen molar-refractivity contribution in [3.63, 3.8) is 0 Å². The van der Waals surface area contributed by atoms with Crippen LogP contribution in [0.25, 0.3) is 11.1 Å². The first-order valence-electron chi connectivity index (χ1n) is 10.5. The molecular formula is C22H22ClN5O3. The van der Waals surface area contributed by atoms with Crippen LogP contribution in [0, 0.1) is 0 Å². The number of fused-ring (bicyclic) bond motifs is 1. The number of amides is 2. The lowest BCUT2D eigenvalue weighted by Gasteiger charge is -2.32. The van der Waals surface area contributed by atoms with E-state index in [-0.39, 0.29) is 17.7 Å². The van der Waals surface area contributed by atoms with E-state index in [1.54, 1.807) is 24.1 Å². The molecule has 1 saturated carbocycles. The van der Waals surface area contributed by atoms with Gasteiger partial charge in [-0.05, 0) is 43.9 Å². The highest BCUT2D eigenvalue weighted by Crippen LogP contribution is 2.41. The van der Waals surface area contributed by atoms with Gasteiger partial charge in [-0.3, -0.25) is 9.59 Å². The fourth-order valence-electron chi connectivity index (χ4n) is 4.24. The average Bonchev–Trinajstić information content (AvgIpc) is 3.57. The Balaban J connectivity index is 1.48. The number of pyridine rings is 2. The standard InChI is InChI=1S/C22H22ClN5O3/c1-24-20(29)15-9-16(12-4-5-12)26-21-18(15)19(27-31-21)14-3-2-8-28(11-14)22(30)13-6-7-17(23)25-10-13/h6-7,9-10,12,14H,2-5,8,11H2,1H3,(H,24,29). The van der Waals surface area contributed by atoms with Gasteiger partial charge in [-0.15, -0.1) is 0 Å². The minimum atomic E-state index is -0.185. The number of nitrogens with zero attached hydrogens (tertiary/aromatic N) is 4. The molecule has 4 heterocycles. The van der Waals surface area contributed by atoms with Crippen LogP contribution in [0.5, 0.6) is 0 Å². The first kappa shape index (κ1) is 19.9. The van der Waals surface area contributed by atoms with Crippen LogP contribution in [0.3, 0.4) is 0 Å². The molecule has 1 N–H and O–H groups in total. The third kappa shape index (κ3) is 3.76. The number of carbonyl (C=O) groups excluding carboxylic acids is 2. The Morgan fingerprint density at radius 1 is 1.23 bits per heavy atom. The Labute approximate surface area is 184 Å². The van der Waals surface area contributed by atoms with E-state index in [1.807, 2.05) is 6.07 Å². The molecule has 3 aromatic heterocycles. The van der Waals surface area contributed by atoms with E-state index in [0.29, 0.717) is 52.1 Å². The van der Waals surface area contributed by atoms with Crippen molar-refractivity contribution in [2.45, 2.75) is 37.5 Å². The fraction of sp³-hybridized carbons (Fsp3) is 0.409. The average molecular weight is 440 g/mol. The van der Waals surface area contributed by atoms with Crippen LogP contribution in [-0.4, -0.2) is 52.0 Å². The summed E-state index contributed by atoms with van der Waals surface area (Å²) in [5, 5.41) is 8.02. The summed E-state index contributed by atoms with van der Waals surface area (Å²) in [6.07, 6.45) is 5.32. The van der Waals surface area contributed by atoms with Crippen molar-refractivity contribution in [3.05, 3.63) is 52.1 Å². The predicted octanol–water partition coefficient (Wildman–Crippen LogP) is 3.53. The third-order valence-electron chi connectivity index (χ3n) is 6.03. The summed E-state index contributed by atoms with van der Waals surface area (Å²) in [4.78, 5) is 36.0. The summed E-state index contributed by atoms with van der Waals surface area (Å²) >= 11 is 5.84. The minimum Gasteiger partial charge on any atom is -0.355 e. The number of hydrogen-bond acceptors (Lipinski definition) is 6. The summed E-state index contributed by atoms with van der Waals surface area (Å²) in [6, 6.07) is 5.16. The Kier molecular flexibility index (Phi) is 5.09. The van der Waals surface area contributed by atoms with Crippen molar-refractivity contribution in [2.75, 3.05) is 20.1 Å². The number of likely N-dealkylation sites (tertiary alicyclic amines) is 1. The zero-order chi connectivity index (χ0) is 21.5. The van der Waals surface area contributed by atoms with Crippen LogP contribution < -0.4 is 5.32 Å². The summed E-state index contributed by atoms with van der Waals surface area (Å²) in [6.45, 7) is 1.14. The molecule has 3 aromatic rings. The van der Waals surface area contributed by atoms with E-state index in [1.165, 1.54) is 6.20 Å². The van der Waals surface area contributed by atoms with Crippen molar-refractivity contribution in [1.29, 1.82) is 0 Å². The van der Waals surface area contributed by atoms with E-state index in [2.05, 4.69) is 20.4 Å². The van der Waals surface area contributed by atoms with Gasteiger partial charge < -0.3 is 14.7 Å². The molecule has 8 nitrogen and oxygen atoms in total. The van der Waals surface area contributed by atoms with Crippen molar-refractivity contribution in [1.82, 2.24) is 25.3 Å². The van der Waals surface area contributed by atoms with Crippen molar-refractivity contribution in [2.24, 2.45) is 0 Å². The summed E-state index contributed by atoms with van der Waals surface area (Å²) in [5.74, 6) is 0.0605. The number of halogens is 1. The van der Waals surface area contributed by atoms with E-state index < -0.39 is 0 Å². The number of rotatable bonds is 4. The van der Waals surface area contributed by atoms with Gasteiger partial charge in [0.2, 0.25) is 0 Å². The third-order valence-corrected chi connectivity index (χ3v) is 6.25. The second-order valence-corrected chi connectivity index (χ2v) is 8.54. The Morgan fingerprint density at radius 3 is 2.77 bits per heavy atom.